The summed E-state index contributed by atoms with van der Waals surface area (Å²) in [4.78, 5) is 36.6. The molecule has 0 saturated carbocycles. The van der Waals surface area contributed by atoms with Crippen LogP contribution in [0.25, 0.3) is 0 Å². The SMILES string of the molecule is CC(C)(NC(=O)C1CC(=O)N(c2cc(F)cc(F)c2)C1)C(N)=O. The van der Waals surface area contributed by atoms with Gasteiger partial charge in [-0.15, -0.1) is 0 Å². The number of halogens is 2. The van der Waals surface area contributed by atoms with Gasteiger partial charge in [0.25, 0.3) is 0 Å². The lowest BCUT2D eigenvalue weighted by atomic mass is 10.0. The number of carbonyl (C=O) groups excluding carboxylic acids is 3. The second-order valence-electron chi connectivity index (χ2n) is 6.01. The molecule has 1 heterocycles. The molecular formula is C15H17F2N3O3. The molecule has 3 amide bonds. The zero-order valence-electron chi connectivity index (χ0n) is 12.7. The summed E-state index contributed by atoms with van der Waals surface area (Å²) in [7, 11) is 0. The highest BCUT2D eigenvalue weighted by atomic mass is 19.1. The Morgan fingerprint density at radius 3 is 2.35 bits per heavy atom. The van der Waals surface area contributed by atoms with Crippen molar-refractivity contribution in [1.29, 1.82) is 0 Å². The van der Waals surface area contributed by atoms with Gasteiger partial charge in [-0.1, -0.05) is 0 Å². The van der Waals surface area contributed by atoms with Crippen LogP contribution in [-0.4, -0.2) is 29.8 Å². The third kappa shape index (κ3) is 3.64. The molecule has 8 heteroatoms. The van der Waals surface area contributed by atoms with Crippen LogP contribution in [0.15, 0.2) is 18.2 Å². The van der Waals surface area contributed by atoms with Crippen LogP contribution >= 0.6 is 0 Å². The van der Waals surface area contributed by atoms with Crippen molar-refractivity contribution in [3.8, 4) is 0 Å². The van der Waals surface area contributed by atoms with Crippen LogP contribution < -0.4 is 16.0 Å². The number of amides is 3. The van der Waals surface area contributed by atoms with Crippen molar-refractivity contribution in [1.82, 2.24) is 5.32 Å². The van der Waals surface area contributed by atoms with E-state index >= 15 is 0 Å². The first-order chi connectivity index (χ1) is 10.6. The van der Waals surface area contributed by atoms with Gasteiger partial charge < -0.3 is 16.0 Å². The maximum absolute atomic E-state index is 13.3. The fourth-order valence-corrected chi connectivity index (χ4v) is 2.30. The minimum atomic E-state index is -1.25. The van der Waals surface area contributed by atoms with E-state index in [1.165, 1.54) is 13.8 Å². The molecule has 3 N–H and O–H groups in total. The summed E-state index contributed by atoms with van der Waals surface area (Å²) >= 11 is 0. The highest BCUT2D eigenvalue weighted by molar-refractivity contribution is 6.01. The molecule has 0 aliphatic carbocycles. The summed E-state index contributed by atoms with van der Waals surface area (Å²) in [5.41, 5.74) is 3.98. The second-order valence-corrected chi connectivity index (χ2v) is 6.01. The molecule has 23 heavy (non-hydrogen) atoms. The molecule has 0 bridgehead atoms. The topological polar surface area (TPSA) is 92.5 Å². The van der Waals surface area contributed by atoms with E-state index in [4.69, 9.17) is 5.73 Å². The zero-order chi connectivity index (χ0) is 17.4. The van der Waals surface area contributed by atoms with E-state index in [2.05, 4.69) is 5.32 Å². The largest absolute Gasteiger partial charge is 0.368 e. The normalized spacial score (nSPS) is 18.2. The van der Waals surface area contributed by atoms with Crippen molar-refractivity contribution in [2.45, 2.75) is 25.8 Å². The minimum absolute atomic E-state index is 0.0254. The highest BCUT2D eigenvalue weighted by Crippen LogP contribution is 2.27. The van der Waals surface area contributed by atoms with E-state index in [9.17, 15) is 23.2 Å². The lowest BCUT2D eigenvalue weighted by Crippen LogP contribution is -2.54. The van der Waals surface area contributed by atoms with Crippen LogP contribution in [0.3, 0.4) is 0 Å². The quantitative estimate of drug-likeness (QED) is 0.853. The Hall–Kier alpha value is -2.51. The molecule has 0 aromatic heterocycles. The molecule has 1 aromatic carbocycles. The molecule has 1 fully saturated rings. The van der Waals surface area contributed by atoms with Crippen molar-refractivity contribution in [3.05, 3.63) is 29.8 Å². The Labute approximate surface area is 131 Å². The van der Waals surface area contributed by atoms with Gasteiger partial charge in [0, 0.05) is 24.7 Å². The predicted molar refractivity (Wildman–Crippen MR) is 78.2 cm³/mol. The lowest BCUT2D eigenvalue weighted by molar-refractivity contribution is -0.132. The van der Waals surface area contributed by atoms with Crippen LogP contribution in [0.1, 0.15) is 20.3 Å². The fraction of sp³-hybridized carbons (Fsp3) is 0.400. The summed E-state index contributed by atoms with van der Waals surface area (Å²) in [6, 6.07) is 2.74. The van der Waals surface area contributed by atoms with Gasteiger partial charge in [0.05, 0.1) is 5.92 Å². The van der Waals surface area contributed by atoms with Gasteiger partial charge in [-0.3, -0.25) is 14.4 Å². The van der Waals surface area contributed by atoms with Gasteiger partial charge in [0.1, 0.15) is 17.2 Å². The first kappa shape index (κ1) is 16.9. The van der Waals surface area contributed by atoms with E-state index < -0.39 is 40.8 Å². The van der Waals surface area contributed by atoms with Crippen molar-refractivity contribution in [2.24, 2.45) is 11.7 Å². The Kier molecular flexibility index (Phi) is 4.35. The first-order valence-corrected chi connectivity index (χ1v) is 6.98. The number of primary amides is 1. The maximum atomic E-state index is 13.3. The number of anilines is 1. The molecule has 0 spiro atoms. The number of nitrogens with two attached hydrogens (primary N) is 1. The predicted octanol–water partition coefficient (Wildman–Crippen LogP) is 0.698. The van der Waals surface area contributed by atoms with Crippen molar-refractivity contribution in [2.75, 3.05) is 11.4 Å². The van der Waals surface area contributed by atoms with Gasteiger partial charge in [0.15, 0.2) is 0 Å². The van der Waals surface area contributed by atoms with E-state index in [-0.39, 0.29) is 18.7 Å². The third-order valence-corrected chi connectivity index (χ3v) is 3.71. The molecule has 1 atom stereocenters. The summed E-state index contributed by atoms with van der Waals surface area (Å²) in [5.74, 6) is -3.99. The lowest BCUT2D eigenvalue weighted by Gasteiger charge is -2.24. The van der Waals surface area contributed by atoms with Gasteiger partial charge in [-0.2, -0.15) is 0 Å². The van der Waals surface area contributed by atoms with Gasteiger partial charge in [-0.05, 0) is 26.0 Å². The van der Waals surface area contributed by atoms with Crippen molar-refractivity contribution < 1.29 is 23.2 Å². The molecule has 1 aromatic rings. The number of rotatable bonds is 4. The molecule has 124 valence electrons. The molecule has 0 radical (unpaired) electrons. The van der Waals surface area contributed by atoms with Crippen LogP contribution in [0.2, 0.25) is 0 Å². The number of nitrogens with zero attached hydrogens (tertiary/aromatic N) is 1. The fourth-order valence-electron chi connectivity index (χ4n) is 2.30. The van der Waals surface area contributed by atoms with E-state index in [0.717, 1.165) is 17.0 Å². The van der Waals surface area contributed by atoms with Gasteiger partial charge in [-0.25, -0.2) is 8.78 Å². The van der Waals surface area contributed by atoms with Crippen LogP contribution in [0.5, 0.6) is 0 Å². The molecule has 6 nitrogen and oxygen atoms in total. The van der Waals surface area contributed by atoms with Gasteiger partial charge >= 0.3 is 0 Å². The molecule has 1 aliphatic heterocycles. The third-order valence-electron chi connectivity index (χ3n) is 3.71. The summed E-state index contributed by atoms with van der Waals surface area (Å²) in [5, 5.41) is 2.47. The number of hydrogen-bond donors (Lipinski definition) is 2. The van der Waals surface area contributed by atoms with E-state index in [0.29, 0.717) is 6.07 Å². The molecule has 1 saturated heterocycles. The number of nitrogens with one attached hydrogen (secondary N) is 1. The average Bonchev–Trinajstić information content (AvgIpc) is 2.79. The van der Waals surface area contributed by atoms with E-state index in [1.807, 2.05) is 0 Å². The maximum Gasteiger partial charge on any atom is 0.242 e. The van der Waals surface area contributed by atoms with Crippen molar-refractivity contribution in [3.63, 3.8) is 0 Å². The number of benzene rings is 1. The Balaban J connectivity index is 2.13. The molecule has 1 unspecified atom stereocenters. The van der Waals surface area contributed by atoms with E-state index in [1.54, 1.807) is 0 Å². The van der Waals surface area contributed by atoms with Crippen LogP contribution in [0.4, 0.5) is 14.5 Å². The Bertz CT molecular complexity index is 656. The van der Waals surface area contributed by atoms with Crippen LogP contribution in [-0.2, 0) is 14.4 Å². The van der Waals surface area contributed by atoms with Crippen LogP contribution in [0, 0.1) is 17.6 Å². The number of carbonyl (C=O) groups is 3. The first-order valence-electron chi connectivity index (χ1n) is 6.98. The van der Waals surface area contributed by atoms with Gasteiger partial charge in [0.2, 0.25) is 17.7 Å². The summed E-state index contributed by atoms with van der Waals surface area (Å²) < 4.78 is 26.5. The molecule has 1 aliphatic rings. The minimum Gasteiger partial charge on any atom is -0.368 e. The van der Waals surface area contributed by atoms with Crippen molar-refractivity contribution >= 4 is 23.4 Å². The smallest absolute Gasteiger partial charge is 0.242 e. The Morgan fingerprint density at radius 1 is 1.26 bits per heavy atom. The zero-order valence-corrected chi connectivity index (χ0v) is 12.7. The highest BCUT2D eigenvalue weighted by Gasteiger charge is 2.38. The number of hydrogen-bond acceptors (Lipinski definition) is 3. The average molecular weight is 325 g/mol. The summed E-state index contributed by atoms with van der Waals surface area (Å²) in [6.07, 6.45) is -0.112. The summed E-state index contributed by atoms with van der Waals surface area (Å²) in [6.45, 7) is 2.87. The Morgan fingerprint density at radius 2 is 1.83 bits per heavy atom. The standard InChI is InChI=1S/C15H17F2N3O3/c1-15(2,14(18)23)19-13(22)8-3-12(21)20(7-8)11-5-9(16)4-10(17)6-11/h4-6,8H,3,7H2,1-2H3,(H2,18,23)(H,19,22). The second kappa shape index (κ2) is 5.94. The monoisotopic (exact) mass is 325 g/mol. The molecular weight excluding hydrogens is 308 g/mol. The molecule has 2 rings (SSSR count).